The van der Waals surface area contributed by atoms with Crippen LogP contribution in [0, 0.1) is 12.3 Å². The summed E-state index contributed by atoms with van der Waals surface area (Å²) >= 11 is 0. The molecule has 0 aliphatic heterocycles. The summed E-state index contributed by atoms with van der Waals surface area (Å²) in [6.07, 6.45) is 5.00. The molecule has 0 bridgehead atoms. The summed E-state index contributed by atoms with van der Waals surface area (Å²) in [5.74, 6) is 0.449. The molecule has 1 amide bonds. The Bertz CT molecular complexity index is 706. The van der Waals surface area contributed by atoms with E-state index in [-0.39, 0.29) is 23.5 Å². The fourth-order valence-corrected chi connectivity index (χ4v) is 2.67. The van der Waals surface area contributed by atoms with Crippen LogP contribution in [-0.2, 0) is 14.8 Å². The molecule has 0 radical (unpaired) electrons. The molecule has 7 nitrogen and oxygen atoms in total. The molecule has 118 valence electrons. The van der Waals surface area contributed by atoms with Crippen LogP contribution in [0.25, 0.3) is 0 Å². The van der Waals surface area contributed by atoms with Crippen LogP contribution < -0.4 is 4.72 Å². The van der Waals surface area contributed by atoms with Crippen molar-refractivity contribution in [2.45, 2.75) is 11.8 Å². The zero-order valence-corrected chi connectivity index (χ0v) is 12.8. The van der Waals surface area contributed by atoms with Crippen LogP contribution in [0.5, 0.6) is 0 Å². The Balaban J connectivity index is 3.08. The highest BCUT2D eigenvalue weighted by molar-refractivity contribution is 7.89. The predicted octanol–water partition coefficient (Wildman–Crippen LogP) is 0.145. The molecule has 0 unspecified atom stereocenters. The summed E-state index contributed by atoms with van der Waals surface area (Å²) in [5, 5.41) is 8.77. The van der Waals surface area contributed by atoms with Crippen molar-refractivity contribution in [2.75, 3.05) is 19.6 Å². The van der Waals surface area contributed by atoms with Crippen LogP contribution >= 0.6 is 0 Å². The van der Waals surface area contributed by atoms with Gasteiger partial charge in [-0.3, -0.25) is 9.59 Å². The zero-order valence-electron chi connectivity index (χ0n) is 11.9. The first-order chi connectivity index (χ1) is 10.3. The molecule has 1 aromatic rings. The minimum atomic E-state index is -3.81. The monoisotopic (exact) mass is 324 g/mol. The number of hydrogen-bond acceptors (Lipinski definition) is 4. The van der Waals surface area contributed by atoms with E-state index >= 15 is 0 Å². The number of carboxylic acid groups (broad SMARTS) is 1. The maximum Gasteiger partial charge on any atom is 0.323 e. The van der Waals surface area contributed by atoms with Gasteiger partial charge in [-0.25, -0.2) is 8.42 Å². The van der Waals surface area contributed by atoms with Gasteiger partial charge in [-0.15, -0.1) is 6.42 Å². The van der Waals surface area contributed by atoms with Crippen molar-refractivity contribution < 1.29 is 23.1 Å². The second-order valence-electron chi connectivity index (χ2n) is 4.27. The third-order valence-electron chi connectivity index (χ3n) is 2.75. The lowest BCUT2D eigenvalue weighted by Gasteiger charge is -2.18. The molecular weight excluding hydrogens is 308 g/mol. The van der Waals surface area contributed by atoms with E-state index in [2.05, 4.69) is 10.6 Å². The van der Waals surface area contributed by atoms with Crippen LogP contribution in [0.1, 0.15) is 17.3 Å². The number of amides is 1. The average Bonchev–Trinajstić information content (AvgIpc) is 2.50. The summed E-state index contributed by atoms with van der Waals surface area (Å²) < 4.78 is 26.1. The molecule has 8 heteroatoms. The molecule has 0 spiro atoms. The van der Waals surface area contributed by atoms with Crippen LogP contribution in [0.4, 0.5) is 0 Å². The molecule has 22 heavy (non-hydrogen) atoms. The molecule has 1 rings (SSSR count). The van der Waals surface area contributed by atoms with E-state index in [4.69, 9.17) is 11.5 Å². The first kappa shape index (κ1) is 17.7. The minimum Gasteiger partial charge on any atom is -0.480 e. The topological polar surface area (TPSA) is 104 Å². The summed E-state index contributed by atoms with van der Waals surface area (Å²) in [6, 6.07) is 5.34. The molecule has 2 N–H and O–H groups in total. The number of hydrogen-bond donors (Lipinski definition) is 2. The van der Waals surface area contributed by atoms with Crippen molar-refractivity contribution in [1.82, 2.24) is 9.62 Å². The van der Waals surface area contributed by atoms with E-state index < -0.39 is 28.4 Å². The number of nitrogens with zero attached hydrogens (tertiary/aromatic N) is 1. The number of rotatable bonds is 7. The van der Waals surface area contributed by atoms with Gasteiger partial charge in [0, 0.05) is 12.1 Å². The fourth-order valence-electron chi connectivity index (χ4n) is 1.69. The van der Waals surface area contributed by atoms with E-state index in [1.165, 1.54) is 24.3 Å². The van der Waals surface area contributed by atoms with E-state index in [1.54, 1.807) is 6.92 Å². The first-order valence-corrected chi connectivity index (χ1v) is 7.84. The maximum absolute atomic E-state index is 12.2. The number of sulfonamides is 1. The van der Waals surface area contributed by atoms with Gasteiger partial charge in [-0.2, -0.15) is 4.72 Å². The van der Waals surface area contributed by atoms with Crippen LogP contribution in [-0.4, -0.2) is 49.9 Å². The zero-order chi connectivity index (χ0) is 16.8. The molecule has 0 saturated heterocycles. The smallest absolute Gasteiger partial charge is 0.323 e. The SMILES string of the molecule is C#CCNS(=O)(=O)c1cccc(C(=O)N(CC)CC(=O)O)c1. The number of carboxylic acids is 1. The van der Waals surface area contributed by atoms with Crippen molar-refractivity contribution in [3.63, 3.8) is 0 Å². The normalized spacial score (nSPS) is 10.7. The Labute approximate surface area is 129 Å². The molecule has 1 aromatic carbocycles. The number of aliphatic carboxylic acids is 1. The van der Waals surface area contributed by atoms with E-state index in [0.29, 0.717) is 0 Å². The van der Waals surface area contributed by atoms with Gasteiger partial charge in [0.25, 0.3) is 5.91 Å². The molecule has 0 aromatic heterocycles. The van der Waals surface area contributed by atoms with Crippen LogP contribution in [0.3, 0.4) is 0 Å². The third-order valence-corrected chi connectivity index (χ3v) is 4.15. The highest BCUT2D eigenvalue weighted by atomic mass is 32.2. The molecule has 0 atom stereocenters. The van der Waals surface area contributed by atoms with Crippen molar-refractivity contribution in [3.05, 3.63) is 29.8 Å². The standard InChI is InChI=1S/C14H16N2O5S/c1-3-8-15-22(20,21)12-7-5-6-11(9-12)14(19)16(4-2)10-13(17)18/h1,5-7,9,15H,4,8,10H2,2H3,(H,17,18). The minimum absolute atomic E-state index is 0.0895. The second kappa shape index (κ2) is 7.59. The predicted molar refractivity (Wildman–Crippen MR) is 79.7 cm³/mol. The third kappa shape index (κ3) is 4.58. The largest absolute Gasteiger partial charge is 0.480 e. The fraction of sp³-hybridized carbons (Fsp3) is 0.286. The molecule has 0 aliphatic carbocycles. The second-order valence-corrected chi connectivity index (χ2v) is 6.04. The Morgan fingerprint density at radius 1 is 1.41 bits per heavy atom. The van der Waals surface area contributed by atoms with Gasteiger partial charge < -0.3 is 10.0 Å². The quantitative estimate of drug-likeness (QED) is 0.695. The number of terminal acetylenes is 1. The number of carbonyl (C=O) groups excluding carboxylic acids is 1. The average molecular weight is 324 g/mol. The lowest BCUT2D eigenvalue weighted by atomic mass is 10.2. The van der Waals surface area contributed by atoms with E-state index in [0.717, 1.165) is 4.90 Å². The van der Waals surface area contributed by atoms with Gasteiger partial charge in [-0.1, -0.05) is 12.0 Å². The van der Waals surface area contributed by atoms with E-state index in [1.807, 2.05) is 0 Å². The Hall–Kier alpha value is -2.37. The van der Waals surface area contributed by atoms with E-state index in [9.17, 15) is 18.0 Å². The summed E-state index contributed by atoms with van der Waals surface area (Å²) in [7, 11) is -3.81. The lowest BCUT2D eigenvalue weighted by molar-refractivity contribution is -0.137. The molecular formula is C14H16N2O5S. The first-order valence-electron chi connectivity index (χ1n) is 6.36. The van der Waals surface area contributed by atoms with Crippen molar-refractivity contribution in [1.29, 1.82) is 0 Å². The molecule has 0 saturated carbocycles. The van der Waals surface area contributed by atoms with Crippen molar-refractivity contribution in [3.8, 4) is 12.3 Å². The van der Waals surface area contributed by atoms with Gasteiger partial charge in [0.15, 0.2) is 0 Å². The van der Waals surface area contributed by atoms with Gasteiger partial charge in [0.05, 0.1) is 11.4 Å². The van der Waals surface area contributed by atoms with Gasteiger partial charge in [-0.05, 0) is 25.1 Å². The van der Waals surface area contributed by atoms with Gasteiger partial charge in [0.1, 0.15) is 6.54 Å². The number of benzene rings is 1. The summed E-state index contributed by atoms with van der Waals surface area (Å²) in [6.45, 7) is 1.20. The highest BCUT2D eigenvalue weighted by Crippen LogP contribution is 2.13. The molecule has 0 fully saturated rings. The highest BCUT2D eigenvalue weighted by Gasteiger charge is 2.20. The molecule has 0 aliphatic rings. The Morgan fingerprint density at radius 2 is 2.09 bits per heavy atom. The maximum atomic E-state index is 12.2. The summed E-state index contributed by atoms with van der Waals surface area (Å²) in [4.78, 5) is 23.9. The van der Waals surface area contributed by atoms with Crippen LogP contribution in [0.2, 0.25) is 0 Å². The van der Waals surface area contributed by atoms with Crippen LogP contribution in [0.15, 0.2) is 29.2 Å². The lowest BCUT2D eigenvalue weighted by Crippen LogP contribution is -2.35. The number of carbonyl (C=O) groups is 2. The van der Waals surface area contributed by atoms with Gasteiger partial charge >= 0.3 is 5.97 Å². The number of nitrogens with one attached hydrogen (secondary N) is 1. The Morgan fingerprint density at radius 3 is 2.64 bits per heavy atom. The Kier molecular flexibility index (Phi) is 6.10. The molecule has 0 heterocycles. The summed E-state index contributed by atoms with van der Waals surface area (Å²) in [5.41, 5.74) is 0.0895. The van der Waals surface area contributed by atoms with Gasteiger partial charge in [0.2, 0.25) is 10.0 Å². The number of likely N-dealkylation sites (N-methyl/N-ethyl adjacent to an activating group) is 1. The van der Waals surface area contributed by atoms with Crippen molar-refractivity contribution >= 4 is 21.9 Å². The van der Waals surface area contributed by atoms with Crippen molar-refractivity contribution in [2.24, 2.45) is 0 Å².